The van der Waals surface area contributed by atoms with Gasteiger partial charge in [0.2, 0.25) is 5.91 Å². The zero-order valence-corrected chi connectivity index (χ0v) is 10.8. The Labute approximate surface area is 107 Å². The van der Waals surface area contributed by atoms with Crippen molar-refractivity contribution in [3.05, 3.63) is 29.3 Å². The number of methoxy groups -OCH3 is 1. The fraction of sp³-hybridized carbons (Fsp3) is 0.500. The molecule has 18 heavy (non-hydrogen) atoms. The van der Waals surface area contributed by atoms with Gasteiger partial charge in [-0.2, -0.15) is 0 Å². The van der Waals surface area contributed by atoms with E-state index in [0.29, 0.717) is 6.54 Å². The van der Waals surface area contributed by atoms with Crippen molar-refractivity contribution in [3.8, 4) is 5.75 Å². The molecule has 4 heteroatoms. The maximum atomic E-state index is 11.8. The number of aliphatic hydroxyl groups excluding tert-OH is 1. The van der Waals surface area contributed by atoms with Crippen LogP contribution in [-0.2, 0) is 11.3 Å². The predicted octanol–water partition coefficient (Wildman–Crippen LogP) is 1.39. The Morgan fingerprint density at radius 1 is 1.50 bits per heavy atom. The fourth-order valence-electron chi connectivity index (χ4n) is 2.03. The molecule has 0 spiro atoms. The molecule has 0 heterocycles. The van der Waals surface area contributed by atoms with E-state index in [2.05, 4.69) is 5.32 Å². The van der Waals surface area contributed by atoms with Gasteiger partial charge >= 0.3 is 0 Å². The number of carbonyl (C=O) groups is 1. The van der Waals surface area contributed by atoms with E-state index in [-0.39, 0.29) is 12.5 Å². The van der Waals surface area contributed by atoms with Gasteiger partial charge in [0.15, 0.2) is 0 Å². The highest BCUT2D eigenvalue weighted by molar-refractivity contribution is 5.85. The minimum atomic E-state index is -0.498. The average Bonchev–Trinajstić information content (AvgIpc) is 3.17. The van der Waals surface area contributed by atoms with Crippen molar-refractivity contribution in [2.24, 2.45) is 5.41 Å². The van der Waals surface area contributed by atoms with Gasteiger partial charge in [0.1, 0.15) is 5.75 Å². The Hall–Kier alpha value is -1.55. The van der Waals surface area contributed by atoms with Crippen LogP contribution in [0.4, 0.5) is 0 Å². The maximum absolute atomic E-state index is 11.8. The first kappa shape index (κ1) is 12.9. The molecule has 0 atom stereocenters. The molecule has 1 saturated carbocycles. The molecule has 4 nitrogen and oxygen atoms in total. The van der Waals surface area contributed by atoms with Crippen LogP contribution >= 0.6 is 0 Å². The predicted molar refractivity (Wildman–Crippen MR) is 68.3 cm³/mol. The second kappa shape index (κ2) is 4.98. The number of aliphatic hydroxyl groups is 1. The van der Waals surface area contributed by atoms with Crippen LogP contribution in [0.3, 0.4) is 0 Å². The lowest BCUT2D eigenvalue weighted by Crippen LogP contribution is -2.33. The summed E-state index contributed by atoms with van der Waals surface area (Å²) in [6.45, 7) is 2.41. The monoisotopic (exact) mass is 249 g/mol. The highest BCUT2D eigenvalue weighted by atomic mass is 16.5. The smallest absolute Gasteiger partial charge is 0.228 e. The standard InChI is InChI=1S/C14H19NO3/c1-10-7-11(3-4-12(10)18-2)8-15-13(17)14(9-16)5-6-14/h3-4,7,16H,5-6,8-9H2,1-2H3,(H,15,17). The molecule has 1 aliphatic carbocycles. The normalized spacial score (nSPS) is 16.2. The van der Waals surface area contributed by atoms with Gasteiger partial charge in [-0.3, -0.25) is 4.79 Å². The van der Waals surface area contributed by atoms with E-state index in [9.17, 15) is 4.79 Å². The lowest BCUT2D eigenvalue weighted by atomic mass is 10.1. The van der Waals surface area contributed by atoms with Gasteiger partial charge in [-0.05, 0) is 37.0 Å². The van der Waals surface area contributed by atoms with Gasteiger partial charge in [0.25, 0.3) is 0 Å². The van der Waals surface area contributed by atoms with Crippen molar-refractivity contribution < 1.29 is 14.6 Å². The minimum absolute atomic E-state index is 0.0431. The Morgan fingerprint density at radius 3 is 2.72 bits per heavy atom. The number of amides is 1. The lowest BCUT2D eigenvalue weighted by molar-refractivity contribution is -0.127. The largest absolute Gasteiger partial charge is 0.496 e. The summed E-state index contributed by atoms with van der Waals surface area (Å²) >= 11 is 0. The van der Waals surface area contributed by atoms with E-state index in [1.807, 2.05) is 25.1 Å². The van der Waals surface area contributed by atoms with Gasteiger partial charge in [0, 0.05) is 6.54 Å². The first-order chi connectivity index (χ1) is 8.61. The van der Waals surface area contributed by atoms with Crippen LogP contribution in [-0.4, -0.2) is 24.7 Å². The summed E-state index contributed by atoms with van der Waals surface area (Å²) in [4.78, 5) is 11.8. The first-order valence-electron chi connectivity index (χ1n) is 6.14. The number of benzene rings is 1. The molecule has 2 N–H and O–H groups in total. The summed E-state index contributed by atoms with van der Waals surface area (Å²) in [5, 5.41) is 12.0. The van der Waals surface area contributed by atoms with Crippen LogP contribution in [0, 0.1) is 12.3 Å². The molecule has 1 amide bonds. The molecule has 1 aromatic rings. The van der Waals surface area contributed by atoms with E-state index in [0.717, 1.165) is 29.7 Å². The Bertz CT molecular complexity index is 452. The number of ether oxygens (including phenoxy) is 1. The Kier molecular flexibility index (Phi) is 3.57. The third kappa shape index (κ3) is 2.48. The van der Waals surface area contributed by atoms with Crippen LogP contribution < -0.4 is 10.1 Å². The summed E-state index contributed by atoms with van der Waals surface area (Å²) < 4.78 is 5.19. The third-order valence-corrected chi connectivity index (χ3v) is 3.55. The van der Waals surface area contributed by atoms with E-state index in [1.54, 1.807) is 7.11 Å². The lowest BCUT2D eigenvalue weighted by Gasteiger charge is -2.13. The van der Waals surface area contributed by atoms with E-state index in [1.165, 1.54) is 0 Å². The third-order valence-electron chi connectivity index (χ3n) is 3.55. The van der Waals surface area contributed by atoms with Crippen LogP contribution in [0.1, 0.15) is 24.0 Å². The molecule has 0 aromatic heterocycles. The summed E-state index contributed by atoms with van der Waals surface area (Å²) in [6.07, 6.45) is 1.58. The summed E-state index contributed by atoms with van der Waals surface area (Å²) in [5.74, 6) is 0.803. The second-order valence-electron chi connectivity index (χ2n) is 4.93. The van der Waals surface area contributed by atoms with Crippen molar-refractivity contribution in [2.75, 3.05) is 13.7 Å². The molecular formula is C14H19NO3. The maximum Gasteiger partial charge on any atom is 0.228 e. The number of hydrogen-bond donors (Lipinski definition) is 2. The van der Waals surface area contributed by atoms with Crippen molar-refractivity contribution >= 4 is 5.91 Å². The molecular weight excluding hydrogens is 230 g/mol. The van der Waals surface area contributed by atoms with E-state index >= 15 is 0 Å². The topological polar surface area (TPSA) is 58.6 Å². The summed E-state index contributed by atoms with van der Waals surface area (Å²) in [7, 11) is 1.64. The second-order valence-corrected chi connectivity index (χ2v) is 4.93. The Morgan fingerprint density at radius 2 is 2.22 bits per heavy atom. The number of aryl methyl sites for hydroxylation is 1. The van der Waals surface area contributed by atoms with Crippen LogP contribution in [0.2, 0.25) is 0 Å². The number of nitrogens with one attached hydrogen (secondary N) is 1. The molecule has 1 fully saturated rings. The molecule has 1 aliphatic rings. The van der Waals surface area contributed by atoms with E-state index in [4.69, 9.17) is 9.84 Å². The molecule has 0 saturated heterocycles. The van der Waals surface area contributed by atoms with Gasteiger partial charge in [-0.15, -0.1) is 0 Å². The van der Waals surface area contributed by atoms with Gasteiger partial charge in [0.05, 0.1) is 19.1 Å². The van der Waals surface area contributed by atoms with Gasteiger partial charge in [-0.1, -0.05) is 12.1 Å². The molecule has 1 aromatic carbocycles. The molecule has 0 aliphatic heterocycles. The first-order valence-corrected chi connectivity index (χ1v) is 6.14. The van der Waals surface area contributed by atoms with Crippen molar-refractivity contribution in [1.29, 1.82) is 0 Å². The number of rotatable bonds is 5. The van der Waals surface area contributed by atoms with Crippen molar-refractivity contribution in [3.63, 3.8) is 0 Å². The number of carbonyl (C=O) groups excluding carboxylic acids is 1. The minimum Gasteiger partial charge on any atom is -0.496 e. The van der Waals surface area contributed by atoms with Gasteiger partial charge in [-0.25, -0.2) is 0 Å². The highest BCUT2D eigenvalue weighted by Crippen LogP contribution is 2.45. The van der Waals surface area contributed by atoms with E-state index < -0.39 is 5.41 Å². The zero-order chi connectivity index (χ0) is 13.2. The van der Waals surface area contributed by atoms with Gasteiger partial charge < -0.3 is 15.2 Å². The summed E-state index contributed by atoms with van der Waals surface area (Å²) in [6, 6.07) is 5.83. The zero-order valence-electron chi connectivity index (χ0n) is 10.8. The molecule has 0 bridgehead atoms. The van der Waals surface area contributed by atoms with Crippen LogP contribution in [0.25, 0.3) is 0 Å². The van der Waals surface area contributed by atoms with Crippen molar-refractivity contribution in [2.45, 2.75) is 26.3 Å². The van der Waals surface area contributed by atoms with Crippen molar-refractivity contribution in [1.82, 2.24) is 5.32 Å². The molecule has 0 radical (unpaired) electrons. The van der Waals surface area contributed by atoms with Crippen LogP contribution in [0.15, 0.2) is 18.2 Å². The molecule has 2 rings (SSSR count). The SMILES string of the molecule is COc1ccc(CNC(=O)C2(CO)CC2)cc1C. The van der Waals surface area contributed by atoms with Crippen LogP contribution in [0.5, 0.6) is 5.75 Å². The summed E-state index contributed by atoms with van der Waals surface area (Å²) in [5.41, 5.74) is 1.59. The molecule has 98 valence electrons. The quantitative estimate of drug-likeness (QED) is 0.829. The average molecular weight is 249 g/mol. The number of hydrogen-bond acceptors (Lipinski definition) is 3. The molecule has 0 unspecified atom stereocenters. The fourth-order valence-corrected chi connectivity index (χ4v) is 2.03. The Balaban J connectivity index is 1.94. The highest BCUT2D eigenvalue weighted by Gasteiger charge is 2.49.